The molecule has 0 radical (unpaired) electrons. The van der Waals surface area contributed by atoms with Gasteiger partial charge in [-0.3, -0.25) is 9.59 Å². The van der Waals surface area contributed by atoms with Gasteiger partial charge in [0, 0.05) is 19.0 Å². The summed E-state index contributed by atoms with van der Waals surface area (Å²) in [7, 11) is 0. The maximum atomic E-state index is 12.9. The van der Waals surface area contributed by atoms with Crippen LogP contribution in [0.3, 0.4) is 0 Å². The molecule has 130 valence electrons. The zero-order chi connectivity index (χ0) is 17.1. The lowest BCUT2D eigenvalue weighted by molar-refractivity contribution is -0.140. The number of hydrogen-bond acceptors (Lipinski definition) is 2. The summed E-state index contributed by atoms with van der Waals surface area (Å²) in [5, 5.41) is 2.81. The monoisotopic (exact) mass is 332 g/mol. The van der Waals surface area contributed by atoms with Crippen molar-refractivity contribution in [3.8, 4) is 0 Å². The second kappa shape index (κ2) is 7.32. The van der Waals surface area contributed by atoms with Crippen LogP contribution in [0.15, 0.2) is 24.3 Å². The summed E-state index contributed by atoms with van der Waals surface area (Å²) in [5.74, 6) is 1.04. The highest BCUT2D eigenvalue weighted by molar-refractivity contribution is 5.86. The summed E-state index contributed by atoms with van der Waals surface area (Å²) < 4.78 is 12.9. The van der Waals surface area contributed by atoms with Gasteiger partial charge in [0.2, 0.25) is 11.8 Å². The average Bonchev–Trinajstić information content (AvgIpc) is 3.22. The van der Waals surface area contributed by atoms with Crippen LogP contribution in [0.5, 0.6) is 0 Å². The molecule has 5 heteroatoms. The molecule has 1 aromatic rings. The van der Waals surface area contributed by atoms with Gasteiger partial charge in [0.25, 0.3) is 0 Å². The molecule has 1 aromatic carbocycles. The molecule has 2 aliphatic rings. The minimum Gasteiger partial charge on any atom is -0.350 e. The third kappa shape index (κ3) is 3.77. The van der Waals surface area contributed by atoms with E-state index >= 15 is 0 Å². The van der Waals surface area contributed by atoms with Crippen LogP contribution in [0.2, 0.25) is 0 Å². The highest BCUT2D eigenvalue weighted by Gasteiger charge is 2.44. The number of amides is 2. The fraction of sp³-hybridized carbons (Fsp3) is 0.579. The fourth-order valence-corrected chi connectivity index (χ4v) is 4.16. The third-order valence-electron chi connectivity index (χ3n) is 5.49. The first kappa shape index (κ1) is 16.9. The largest absolute Gasteiger partial charge is 0.350 e. The van der Waals surface area contributed by atoms with Crippen LogP contribution in [-0.2, 0) is 16.1 Å². The Hall–Kier alpha value is -1.91. The Balaban J connectivity index is 1.50. The highest BCUT2D eigenvalue weighted by atomic mass is 19.1. The number of nitrogens with one attached hydrogen (secondary N) is 1. The molecule has 3 rings (SSSR count). The lowest BCUT2D eigenvalue weighted by Gasteiger charge is -2.28. The summed E-state index contributed by atoms with van der Waals surface area (Å²) in [4.78, 5) is 26.5. The van der Waals surface area contributed by atoms with Crippen molar-refractivity contribution in [2.75, 3.05) is 13.1 Å². The Morgan fingerprint density at radius 2 is 1.96 bits per heavy atom. The summed E-state index contributed by atoms with van der Waals surface area (Å²) in [5.41, 5.74) is 0.840. The molecule has 0 aromatic heterocycles. The van der Waals surface area contributed by atoms with Crippen molar-refractivity contribution in [1.29, 1.82) is 0 Å². The summed E-state index contributed by atoms with van der Waals surface area (Å²) in [6.45, 7) is 2.92. The van der Waals surface area contributed by atoms with Gasteiger partial charge < -0.3 is 10.2 Å². The van der Waals surface area contributed by atoms with E-state index in [9.17, 15) is 14.0 Å². The van der Waals surface area contributed by atoms with Gasteiger partial charge in [0.1, 0.15) is 5.82 Å². The van der Waals surface area contributed by atoms with Crippen LogP contribution >= 0.6 is 0 Å². The third-order valence-corrected chi connectivity index (χ3v) is 5.49. The number of carbonyl (C=O) groups excluding carboxylic acids is 2. The first-order valence-electron chi connectivity index (χ1n) is 8.86. The van der Waals surface area contributed by atoms with Crippen molar-refractivity contribution in [2.24, 2.45) is 17.8 Å². The number of rotatable bonds is 6. The smallest absolute Gasteiger partial charge is 0.239 e. The average molecular weight is 332 g/mol. The van der Waals surface area contributed by atoms with Crippen molar-refractivity contribution >= 4 is 11.8 Å². The first-order valence-corrected chi connectivity index (χ1v) is 8.86. The van der Waals surface area contributed by atoms with E-state index in [1.54, 1.807) is 17.0 Å². The van der Waals surface area contributed by atoms with Gasteiger partial charge in [0.15, 0.2) is 0 Å². The molecule has 2 saturated carbocycles. The number of fused-ring (bicyclic) bond motifs is 2. The molecule has 0 saturated heterocycles. The molecule has 3 atom stereocenters. The topological polar surface area (TPSA) is 49.4 Å². The molecule has 0 heterocycles. The molecule has 0 spiro atoms. The van der Waals surface area contributed by atoms with Crippen molar-refractivity contribution in [2.45, 2.75) is 39.2 Å². The summed E-state index contributed by atoms with van der Waals surface area (Å²) in [6, 6.07) is 6.04. The lowest BCUT2D eigenvalue weighted by Crippen LogP contribution is -2.44. The van der Waals surface area contributed by atoms with Gasteiger partial charge in [-0.1, -0.05) is 18.6 Å². The molecule has 2 aliphatic carbocycles. The number of carbonyl (C=O) groups is 2. The molecule has 1 N–H and O–H groups in total. The fourth-order valence-electron chi connectivity index (χ4n) is 4.16. The van der Waals surface area contributed by atoms with E-state index in [2.05, 4.69) is 5.32 Å². The maximum Gasteiger partial charge on any atom is 0.239 e. The molecule has 3 unspecified atom stereocenters. The van der Waals surface area contributed by atoms with Gasteiger partial charge in [-0.25, -0.2) is 4.39 Å². The van der Waals surface area contributed by atoms with Crippen molar-refractivity contribution in [3.05, 3.63) is 35.6 Å². The minimum atomic E-state index is -0.293. The minimum absolute atomic E-state index is 0.102. The zero-order valence-corrected chi connectivity index (χ0v) is 14.1. The van der Waals surface area contributed by atoms with Crippen molar-refractivity contribution < 1.29 is 14.0 Å². The molecule has 2 fully saturated rings. The van der Waals surface area contributed by atoms with Crippen LogP contribution < -0.4 is 5.32 Å². The second-order valence-corrected chi connectivity index (χ2v) is 7.04. The first-order chi connectivity index (χ1) is 11.6. The molecule has 0 aliphatic heterocycles. The lowest BCUT2D eigenvalue weighted by atomic mass is 9.87. The van der Waals surface area contributed by atoms with E-state index in [0.717, 1.165) is 24.3 Å². The Bertz CT molecular complexity index is 602. The van der Waals surface area contributed by atoms with Gasteiger partial charge in [-0.15, -0.1) is 0 Å². The van der Waals surface area contributed by atoms with E-state index in [-0.39, 0.29) is 30.1 Å². The Kier molecular flexibility index (Phi) is 5.17. The van der Waals surface area contributed by atoms with Gasteiger partial charge >= 0.3 is 0 Å². The zero-order valence-electron chi connectivity index (χ0n) is 14.1. The van der Waals surface area contributed by atoms with E-state index in [4.69, 9.17) is 0 Å². The molecular weight excluding hydrogens is 307 g/mol. The molecule has 24 heavy (non-hydrogen) atoms. The highest BCUT2D eigenvalue weighted by Crippen LogP contribution is 2.48. The standard InChI is InChI=1S/C19H25FN2O2/c1-2-22(19(24)17-10-14-3-6-15(17)9-14)12-18(23)21-11-13-4-7-16(20)8-5-13/h4-5,7-8,14-15,17H,2-3,6,9-12H2,1H3,(H,21,23). The Labute approximate surface area is 142 Å². The maximum absolute atomic E-state index is 12.9. The number of nitrogens with zero attached hydrogens (tertiary/aromatic N) is 1. The predicted octanol–water partition coefficient (Wildman–Crippen LogP) is 2.73. The van der Waals surface area contributed by atoms with E-state index in [1.165, 1.54) is 25.0 Å². The normalized spacial score (nSPS) is 24.8. The van der Waals surface area contributed by atoms with Gasteiger partial charge in [-0.2, -0.15) is 0 Å². The van der Waals surface area contributed by atoms with Crippen LogP contribution in [-0.4, -0.2) is 29.8 Å². The molecule has 2 amide bonds. The predicted molar refractivity (Wildman–Crippen MR) is 89.4 cm³/mol. The van der Waals surface area contributed by atoms with Gasteiger partial charge in [0.05, 0.1) is 6.54 Å². The Morgan fingerprint density at radius 1 is 1.21 bits per heavy atom. The van der Waals surface area contributed by atoms with E-state index in [0.29, 0.717) is 19.0 Å². The Morgan fingerprint density at radius 3 is 2.54 bits per heavy atom. The molecule has 4 nitrogen and oxygen atoms in total. The van der Waals surface area contributed by atoms with Crippen molar-refractivity contribution in [3.63, 3.8) is 0 Å². The van der Waals surface area contributed by atoms with E-state index < -0.39 is 0 Å². The molecular formula is C19H25FN2O2. The van der Waals surface area contributed by atoms with Crippen LogP contribution in [0.4, 0.5) is 4.39 Å². The number of likely N-dealkylation sites (N-methyl/N-ethyl adjacent to an activating group) is 1. The van der Waals surface area contributed by atoms with Crippen LogP contribution in [0, 0.1) is 23.6 Å². The van der Waals surface area contributed by atoms with Gasteiger partial charge in [-0.05, 0) is 55.7 Å². The van der Waals surface area contributed by atoms with Crippen LogP contribution in [0.25, 0.3) is 0 Å². The van der Waals surface area contributed by atoms with Crippen LogP contribution in [0.1, 0.15) is 38.2 Å². The van der Waals surface area contributed by atoms with Crippen molar-refractivity contribution in [1.82, 2.24) is 10.2 Å². The SMILES string of the molecule is CCN(CC(=O)NCc1ccc(F)cc1)C(=O)C1CC2CCC1C2. The summed E-state index contributed by atoms with van der Waals surface area (Å²) in [6.07, 6.45) is 4.61. The summed E-state index contributed by atoms with van der Waals surface area (Å²) >= 11 is 0. The molecule has 2 bridgehead atoms. The number of benzene rings is 1. The number of hydrogen-bond donors (Lipinski definition) is 1. The quantitative estimate of drug-likeness (QED) is 0.871. The second-order valence-electron chi connectivity index (χ2n) is 7.04. The van der Waals surface area contributed by atoms with E-state index in [1.807, 2.05) is 6.92 Å². The number of halogens is 1.